The van der Waals surface area contributed by atoms with Crippen LogP contribution >= 0.6 is 22.6 Å². The summed E-state index contributed by atoms with van der Waals surface area (Å²) in [5, 5.41) is 9.40. The second-order valence-electron chi connectivity index (χ2n) is 8.22. The van der Waals surface area contributed by atoms with Gasteiger partial charge in [-0.25, -0.2) is 4.79 Å². The fourth-order valence-corrected chi connectivity index (χ4v) is 5.13. The molecule has 32 heavy (non-hydrogen) atoms. The molecule has 0 spiro atoms. The van der Waals surface area contributed by atoms with E-state index in [9.17, 15) is 9.90 Å². The van der Waals surface area contributed by atoms with Gasteiger partial charge >= 0.3 is 6.09 Å². The summed E-state index contributed by atoms with van der Waals surface area (Å²) in [5.74, 6) is 0. The first-order chi connectivity index (χ1) is 15.5. The van der Waals surface area contributed by atoms with Crippen LogP contribution in [0.5, 0.6) is 0 Å². The van der Waals surface area contributed by atoms with Crippen molar-refractivity contribution in [2.24, 2.45) is 0 Å². The smallest absolute Gasteiger partial charge is 0.412 e. The van der Waals surface area contributed by atoms with Gasteiger partial charge in [0, 0.05) is 32.0 Å². The molecular weight excluding hydrogens is 515 g/mol. The van der Waals surface area contributed by atoms with Crippen molar-refractivity contribution in [3.63, 3.8) is 0 Å². The fourth-order valence-electron chi connectivity index (χ4n) is 4.34. The third-order valence-electron chi connectivity index (χ3n) is 6.21. The monoisotopic (exact) mass is 542 g/mol. The molecule has 1 N–H and O–H groups in total. The number of halogens is 1. The maximum Gasteiger partial charge on any atom is 0.412 e. The van der Waals surface area contributed by atoms with Crippen molar-refractivity contribution in [1.29, 1.82) is 0 Å². The molecule has 1 aliphatic heterocycles. The van der Waals surface area contributed by atoms with Gasteiger partial charge in [0.1, 0.15) is 9.15 Å². The van der Waals surface area contributed by atoms with Crippen molar-refractivity contribution in [2.45, 2.75) is 35.3 Å². The maximum absolute atomic E-state index is 13.3. The first-order valence-electron chi connectivity index (χ1n) is 10.8. The molecule has 6 heteroatoms. The van der Waals surface area contributed by atoms with Crippen molar-refractivity contribution in [1.82, 2.24) is 9.88 Å². The van der Waals surface area contributed by atoms with Gasteiger partial charge in [-0.1, -0.05) is 54.6 Å². The predicted octanol–water partition coefficient (Wildman–Crippen LogP) is 5.87. The Labute approximate surface area is 202 Å². The highest BCUT2D eigenvalue weighted by atomic mass is 127. The van der Waals surface area contributed by atoms with Crippen molar-refractivity contribution >= 4 is 28.7 Å². The van der Waals surface area contributed by atoms with E-state index < -0.39 is 9.15 Å². The lowest BCUT2D eigenvalue weighted by Gasteiger charge is -2.46. The van der Waals surface area contributed by atoms with Gasteiger partial charge in [-0.3, -0.25) is 9.88 Å². The summed E-state index contributed by atoms with van der Waals surface area (Å²) >= 11 is 2.33. The zero-order chi connectivity index (χ0) is 22.6. The normalized spacial score (nSPS) is 20.5. The summed E-state index contributed by atoms with van der Waals surface area (Å²) in [7, 11) is 0. The molecule has 166 valence electrons. The number of pyridine rings is 1. The number of aromatic nitrogens is 1. The van der Waals surface area contributed by atoms with Crippen molar-refractivity contribution in [2.75, 3.05) is 13.2 Å². The molecular formula is C26H27IN2O3. The first kappa shape index (κ1) is 22.7. The van der Waals surface area contributed by atoms with Gasteiger partial charge in [-0.15, -0.1) is 0 Å². The van der Waals surface area contributed by atoms with E-state index in [2.05, 4.69) is 51.8 Å². The highest BCUT2D eigenvalue weighted by Crippen LogP contribution is 2.44. The van der Waals surface area contributed by atoms with Crippen molar-refractivity contribution in [3.8, 4) is 11.1 Å². The molecule has 1 aromatic heterocycles. The number of benzene rings is 2. The molecule has 1 unspecified atom stereocenters. The van der Waals surface area contributed by atoms with Gasteiger partial charge in [-0.2, -0.15) is 0 Å². The van der Waals surface area contributed by atoms with Gasteiger partial charge in [-0.05, 0) is 76.7 Å². The number of carbonyl (C=O) groups is 1. The van der Waals surface area contributed by atoms with Crippen LogP contribution in [0.4, 0.5) is 4.79 Å². The average Bonchev–Trinajstić information content (AvgIpc) is 2.84. The molecule has 1 saturated heterocycles. The highest BCUT2D eigenvalue weighted by molar-refractivity contribution is 14.1. The van der Waals surface area contributed by atoms with Crippen LogP contribution in [0.25, 0.3) is 11.1 Å². The van der Waals surface area contributed by atoms with Gasteiger partial charge in [0.2, 0.25) is 0 Å². The van der Waals surface area contributed by atoms with E-state index >= 15 is 0 Å². The Bertz CT molecular complexity index is 1040. The van der Waals surface area contributed by atoms with Crippen LogP contribution in [-0.2, 0) is 13.9 Å². The minimum atomic E-state index is -0.699. The predicted molar refractivity (Wildman–Crippen MR) is 133 cm³/mol. The third-order valence-corrected chi connectivity index (χ3v) is 7.42. The Morgan fingerprint density at radius 1 is 1.06 bits per heavy atom. The quantitative estimate of drug-likeness (QED) is 0.231. The van der Waals surface area contributed by atoms with E-state index in [-0.39, 0.29) is 12.7 Å². The summed E-state index contributed by atoms with van der Waals surface area (Å²) in [4.78, 5) is 19.2. The molecule has 0 radical (unpaired) electrons. The number of amides is 1. The Kier molecular flexibility index (Phi) is 6.81. The minimum absolute atomic E-state index is 0.0731. The Balaban J connectivity index is 1.56. The Hall–Kier alpha value is -2.45. The van der Waals surface area contributed by atoms with E-state index in [4.69, 9.17) is 4.74 Å². The summed E-state index contributed by atoms with van der Waals surface area (Å²) in [5.41, 5.74) is 3.54. The van der Waals surface area contributed by atoms with Gasteiger partial charge in [0.15, 0.2) is 0 Å². The van der Waals surface area contributed by atoms with Crippen LogP contribution in [0.15, 0.2) is 79.1 Å². The molecule has 0 aliphatic carbocycles. The molecule has 1 amide bonds. The third kappa shape index (κ3) is 4.52. The van der Waals surface area contributed by atoms with E-state index in [1.54, 1.807) is 17.3 Å². The molecule has 0 bridgehead atoms. The lowest BCUT2D eigenvalue weighted by molar-refractivity contribution is -0.0698. The number of aliphatic hydroxyl groups is 1. The number of aliphatic hydroxyl groups excluding tert-OH is 1. The van der Waals surface area contributed by atoms with Gasteiger partial charge in [0.05, 0.1) is 0 Å². The molecule has 2 atom stereocenters. The summed E-state index contributed by atoms with van der Waals surface area (Å²) < 4.78 is 5.59. The van der Waals surface area contributed by atoms with Crippen molar-refractivity contribution < 1.29 is 14.6 Å². The zero-order valence-electron chi connectivity index (χ0n) is 18.1. The second kappa shape index (κ2) is 9.58. The number of hydrogen-bond acceptors (Lipinski definition) is 4. The molecule has 0 saturated carbocycles. The van der Waals surface area contributed by atoms with E-state index in [1.165, 1.54) is 0 Å². The van der Waals surface area contributed by atoms with Crippen LogP contribution in [0, 0.1) is 0 Å². The number of rotatable bonds is 7. The summed E-state index contributed by atoms with van der Waals surface area (Å²) in [6, 6.07) is 22.1. The average molecular weight is 542 g/mol. The molecule has 5 nitrogen and oxygen atoms in total. The first-order valence-corrected chi connectivity index (χ1v) is 11.9. The van der Waals surface area contributed by atoms with Gasteiger partial charge in [0.25, 0.3) is 0 Å². The number of cyclic esters (lactones) is 1. The molecule has 1 aliphatic rings. The van der Waals surface area contributed by atoms with E-state index in [1.807, 2.05) is 49.4 Å². The number of carbonyl (C=O) groups excluding carboxylic acids is 1. The second-order valence-corrected chi connectivity index (χ2v) is 10.3. The van der Waals surface area contributed by atoms with Crippen LogP contribution < -0.4 is 0 Å². The SMILES string of the molecule is C[C@](I)(c1ccc(-c2ccncc2)cc1)N1CCC(CCCO)(c2ccccc2)OC1=O. The fraction of sp³-hybridized carbons (Fsp3) is 0.308. The van der Waals surface area contributed by atoms with E-state index in [0.717, 1.165) is 22.3 Å². The van der Waals surface area contributed by atoms with Crippen LogP contribution in [0.2, 0.25) is 0 Å². The summed E-state index contributed by atoms with van der Waals surface area (Å²) in [6.07, 6.45) is 5.10. The minimum Gasteiger partial charge on any atom is -0.438 e. The summed E-state index contributed by atoms with van der Waals surface area (Å²) in [6.45, 7) is 2.69. The molecule has 4 rings (SSSR count). The van der Waals surface area contributed by atoms with Crippen molar-refractivity contribution in [3.05, 3.63) is 90.3 Å². The number of nitrogens with zero attached hydrogens (tertiary/aromatic N) is 2. The number of hydrogen-bond donors (Lipinski definition) is 1. The molecule has 2 aromatic carbocycles. The lowest BCUT2D eigenvalue weighted by Crippen LogP contribution is -2.53. The number of ether oxygens (including phenoxy) is 1. The Morgan fingerprint density at radius 2 is 1.72 bits per heavy atom. The zero-order valence-corrected chi connectivity index (χ0v) is 20.2. The van der Waals surface area contributed by atoms with E-state index in [0.29, 0.717) is 25.8 Å². The van der Waals surface area contributed by atoms with Crippen LogP contribution in [-0.4, -0.2) is 34.2 Å². The number of alkyl halides is 1. The molecule has 1 fully saturated rings. The van der Waals surface area contributed by atoms with Crippen LogP contribution in [0.1, 0.15) is 37.3 Å². The molecule has 3 aromatic rings. The molecule has 2 heterocycles. The maximum atomic E-state index is 13.3. The van der Waals surface area contributed by atoms with Gasteiger partial charge < -0.3 is 9.84 Å². The lowest BCUT2D eigenvalue weighted by atomic mass is 9.84. The van der Waals surface area contributed by atoms with Crippen LogP contribution in [0.3, 0.4) is 0 Å². The topological polar surface area (TPSA) is 62.7 Å². The standard InChI is InChI=1S/C26H27IN2O3/c1-25(27,22-10-8-20(9-11-22)21-12-16-28-17-13-21)29-18-15-26(14-5-19-30,32-24(29)31)23-6-3-2-4-7-23/h2-4,6-13,16-17,30H,5,14-15,18-19H2,1H3/t25-,26?/m1/s1. The highest BCUT2D eigenvalue weighted by Gasteiger charge is 2.46. The largest absolute Gasteiger partial charge is 0.438 e. The Morgan fingerprint density at radius 3 is 2.34 bits per heavy atom.